The summed E-state index contributed by atoms with van der Waals surface area (Å²) in [5, 5.41) is 20.6. The largest absolute Gasteiger partial charge is 0.481 e. The Balaban J connectivity index is 1.63. The number of aliphatic hydroxyl groups is 1. The summed E-state index contributed by atoms with van der Waals surface area (Å²) in [6.45, 7) is 6.73. The molecule has 4 rings (SSSR count). The third kappa shape index (κ3) is 3.97. The van der Waals surface area contributed by atoms with Crippen molar-refractivity contribution >= 4 is 22.7 Å². The van der Waals surface area contributed by atoms with Gasteiger partial charge < -0.3 is 19.8 Å². The Hall–Kier alpha value is -2.22. The SMILES string of the molecule is Cc1ccc2cc(CN3CC[C@H](C(=O)O)[C@H](O)C3)c(N3CCOCC3)nc2c1. The van der Waals surface area contributed by atoms with Gasteiger partial charge in [-0.25, -0.2) is 4.98 Å². The lowest BCUT2D eigenvalue weighted by Gasteiger charge is -2.35. The maximum atomic E-state index is 11.3. The zero-order valence-electron chi connectivity index (χ0n) is 16.2. The number of aliphatic hydroxyl groups excluding tert-OH is 1. The summed E-state index contributed by atoms with van der Waals surface area (Å²) < 4.78 is 5.50. The fourth-order valence-electron chi connectivity index (χ4n) is 4.15. The van der Waals surface area contributed by atoms with Crippen molar-refractivity contribution < 1.29 is 19.7 Å². The maximum Gasteiger partial charge on any atom is 0.309 e. The topological polar surface area (TPSA) is 86.1 Å². The van der Waals surface area contributed by atoms with Crippen molar-refractivity contribution in [2.45, 2.75) is 26.0 Å². The summed E-state index contributed by atoms with van der Waals surface area (Å²) in [7, 11) is 0. The van der Waals surface area contributed by atoms with Crippen LogP contribution in [0.1, 0.15) is 17.5 Å². The standard InChI is InChI=1S/C21H27N3O4/c1-14-2-3-15-11-16(12-23-5-4-17(21(26)27)19(25)13-23)20(22-18(15)10-14)24-6-8-28-9-7-24/h2-3,10-11,17,19,25H,4-9,12-13H2,1H3,(H,26,27)/t17-,19+/m0/s1. The number of rotatable bonds is 4. The van der Waals surface area contributed by atoms with E-state index in [-0.39, 0.29) is 0 Å². The van der Waals surface area contributed by atoms with Gasteiger partial charge in [-0.05, 0) is 37.6 Å². The van der Waals surface area contributed by atoms with E-state index in [1.54, 1.807) is 0 Å². The molecule has 0 unspecified atom stereocenters. The average molecular weight is 385 g/mol. The number of pyridine rings is 1. The molecule has 0 radical (unpaired) electrons. The van der Waals surface area contributed by atoms with E-state index in [9.17, 15) is 15.0 Å². The molecule has 3 heterocycles. The Morgan fingerprint density at radius 2 is 2.04 bits per heavy atom. The van der Waals surface area contributed by atoms with E-state index in [2.05, 4.69) is 41.0 Å². The molecule has 7 nitrogen and oxygen atoms in total. The molecular weight excluding hydrogens is 358 g/mol. The Morgan fingerprint density at radius 1 is 1.25 bits per heavy atom. The van der Waals surface area contributed by atoms with Gasteiger partial charge in [-0.3, -0.25) is 9.69 Å². The number of carboxylic acid groups (broad SMARTS) is 1. The van der Waals surface area contributed by atoms with Gasteiger partial charge in [-0.2, -0.15) is 0 Å². The van der Waals surface area contributed by atoms with Gasteiger partial charge in [-0.15, -0.1) is 0 Å². The van der Waals surface area contributed by atoms with Crippen molar-refractivity contribution in [3.05, 3.63) is 35.4 Å². The Morgan fingerprint density at radius 3 is 2.75 bits per heavy atom. The lowest BCUT2D eigenvalue weighted by Crippen LogP contribution is -2.46. The average Bonchev–Trinajstić information content (AvgIpc) is 2.68. The van der Waals surface area contributed by atoms with E-state index in [0.717, 1.165) is 35.4 Å². The first kappa shape index (κ1) is 19.1. The van der Waals surface area contributed by atoms with Crippen LogP contribution in [0.4, 0.5) is 5.82 Å². The zero-order chi connectivity index (χ0) is 19.7. The number of piperidine rings is 1. The van der Waals surface area contributed by atoms with Crippen LogP contribution in [0.3, 0.4) is 0 Å². The molecule has 150 valence electrons. The number of aromatic nitrogens is 1. The number of β-amino-alcohol motifs (C(OH)–C–C–N with tert-alkyl or cyclic N) is 1. The van der Waals surface area contributed by atoms with Crippen LogP contribution in [0.25, 0.3) is 10.9 Å². The maximum absolute atomic E-state index is 11.3. The lowest BCUT2D eigenvalue weighted by molar-refractivity contribution is -0.148. The normalized spacial score (nSPS) is 23.9. The number of aliphatic carboxylic acids is 1. The Labute approximate surface area is 164 Å². The summed E-state index contributed by atoms with van der Waals surface area (Å²) in [6.07, 6.45) is -0.377. The van der Waals surface area contributed by atoms with Gasteiger partial charge in [-0.1, -0.05) is 12.1 Å². The van der Waals surface area contributed by atoms with Crippen LogP contribution in [0.2, 0.25) is 0 Å². The van der Waals surface area contributed by atoms with Crippen LogP contribution in [0.5, 0.6) is 0 Å². The fourth-order valence-corrected chi connectivity index (χ4v) is 4.15. The van der Waals surface area contributed by atoms with Crippen molar-refractivity contribution in [2.24, 2.45) is 5.92 Å². The number of hydrogen-bond donors (Lipinski definition) is 2. The Bertz CT molecular complexity index is 866. The molecule has 2 aromatic rings. The van der Waals surface area contributed by atoms with Crippen molar-refractivity contribution in [3.8, 4) is 0 Å². The van der Waals surface area contributed by atoms with Gasteiger partial charge >= 0.3 is 5.97 Å². The quantitative estimate of drug-likeness (QED) is 0.828. The fraction of sp³-hybridized carbons (Fsp3) is 0.524. The monoisotopic (exact) mass is 385 g/mol. The number of fused-ring (bicyclic) bond motifs is 1. The molecule has 0 saturated carbocycles. The lowest BCUT2D eigenvalue weighted by atomic mass is 9.93. The molecule has 0 aliphatic carbocycles. The highest BCUT2D eigenvalue weighted by Crippen LogP contribution is 2.28. The van der Waals surface area contributed by atoms with Crippen LogP contribution < -0.4 is 4.90 Å². The van der Waals surface area contributed by atoms with E-state index in [4.69, 9.17) is 9.72 Å². The van der Waals surface area contributed by atoms with Crippen molar-refractivity contribution in [3.63, 3.8) is 0 Å². The van der Waals surface area contributed by atoms with Gasteiger partial charge in [0.25, 0.3) is 0 Å². The molecule has 7 heteroatoms. The van der Waals surface area contributed by atoms with Crippen LogP contribution in [0.15, 0.2) is 24.3 Å². The molecule has 2 aliphatic rings. The number of carboxylic acids is 1. The minimum atomic E-state index is -0.913. The second kappa shape index (κ2) is 8.03. The summed E-state index contributed by atoms with van der Waals surface area (Å²) >= 11 is 0. The highest BCUT2D eigenvalue weighted by Gasteiger charge is 2.33. The van der Waals surface area contributed by atoms with E-state index in [1.165, 1.54) is 5.56 Å². The minimum Gasteiger partial charge on any atom is -0.481 e. The van der Waals surface area contributed by atoms with E-state index < -0.39 is 18.0 Å². The second-order valence-electron chi connectivity index (χ2n) is 7.80. The molecule has 2 aliphatic heterocycles. The first-order chi connectivity index (χ1) is 13.5. The molecule has 1 aromatic heterocycles. The highest BCUT2D eigenvalue weighted by atomic mass is 16.5. The molecule has 0 spiro atoms. The smallest absolute Gasteiger partial charge is 0.309 e. The van der Waals surface area contributed by atoms with Crippen LogP contribution >= 0.6 is 0 Å². The van der Waals surface area contributed by atoms with Crippen molar-refractivity contribution in [1.82, 2.24) is 9.88 Å². The second-order valence-corrected chi connectivity index (χ2v) is 7.80. The molecule has 0 bridgehead atoms. The number of hydrogen-bond acceptors (Lipinski definition) is 6. The van der Waals surface area contributed by atoms with Crippen molar-refractivity contribution in [2.75, 3.05) is 44.3 Å². The minimum absolute atomic E-state index is 0.367. The number of benzene rings is 1. The number of ether oxygens (including phenoxy) is 1. The van der Waals surface area contributed by atoms with Gasteiger partial charge in [0, 0.05) is 37.1 Å². The Kier molecular flexibility index (Phi) is 5.48. The van der Waals surface area contributed by atoms with E-state index in [0.29, 0.717) is 39.3 Å². The van der Waals surface area contributed by atoms with Crippen LogP contribution in [-0.4, -0.2) is 71.6 Å². The number of morpholine rings is 1. The predicted molar refractivity (Wildman–Crippen MR) is 107 cm³/mol. The molecule has 2 N–H and O–H groups in total. The predicted octanol–water partition coefficient (Wildman–Crippen LogP) is 1.65. The van der Waals surface area contributed by atoms with E-state index >= 15 is 0 Å². The van der Waals surface area contributed by atoms with Gasteiger partial charge in [0.05, 0.1) is 30.8 Å². The first-order valence-electron chi connectivity index (χ1n) is 9.87. The number of carbonyl (C=O) groups is 1. The first-order valence-corrected chi connectivity index (χ1v) is 9.87. The number of likely N-dealkylation sites (tertiary alicyclic amines) is 1. The summed E-state index contributed by atoms with van der Waals surface area (Å²) in [6, 6.07) is 8.47. The van der Waals surface area contributed by atoms with Gasteiger partial charge in [0.1, 0.15) is 5.82 Å². The summed E-state index contributed by atoms with van der Waals surface area (Å²) in [4.78, 5) is 20.6. The number of anilines is 1. The highest BCUT2D eigenvalue weighted by molar-refractivity contribution is 5.82. The molecule has 28 heavy (non-hydrogen) atoms. The van der Waals surface area contributed by atoms with Gasteiger partial charge in [0.15, 0.2) is 0 Å². The van der Waals surface area contributed by atoms with Crippen LogP contribution in [-0.2, 0) is 16.1 Å². The van der Waals surface area contributed by atoms with Crippen molar-refractivity contribution in [1.29, 1.82) is 0 Å². The molecule has 2 saturated heterocycles. The third-order valence-electron chi connectivity index (χ3n) is 5.72. The molecular formula is C21H27N3O4. The van der Waals surface area contributed by atoms with E-state index in [1.807, 2.05) is 0 Å². The summed E-state index contributed by atoms with van der Waals surface area (Å²) in [5.41, 5.74) is 3.27. The number of aryl methyl sites for hydroxylation is 1. The molecule has 0 amide bonds. The van der Waals surface area contributed by atoms with Gasteiger partial charge in [0.2, 0.25) is 0 Å². The number of nitrogens with zero attached hydrogens (tertiary/aromatic N) is 3. The molecule has 2 atom stereocenters. The van der Waals surface area contributed by atoms with Crippen LogP contribution in [0, 0.1) is 12.8 Å². The molecule has 1 aromatic carbocycles. The third-order valence-corrected chi connectivity index (χ3v) is 5.72. The molecule has 2 fully saturated rings. The summed E-state index contributed by atoms with van der Waals surface area (Å²) in [5.74, 6) is -0.618. The zero-order valence-corrected chi connectivity index (χ0v) is 16.2.